The van der Waals surface area contributed by atoms with Gasteiger partial charge in [0.1, 0.15) is 5.75 Å². The van der Waals surface area contributed by atoms with Crippen LogP contribution in [0.2, 0.25) is 10.0 Å². The minimum atomic E-state index is -0.484. The molecule has 0 atom stereocenters. The van der Waals surface area contributed by atoms with Crippen LogP contribution in [-0.2, 0) is 4.79 Å². The summed E-state index contributed by atoms with van der Waals surface area (Å²) in [7, 11) is 1.46. The van der Waals surface area contributed by atoms with Crippen molar-refractivity contribution in [3.05, 3.63) is 64.1 Å². The second-order valence-corrected chi connectivity index (χ2v) is 5.47. The van der Waals surface area contributed by atoms with Gasteiger partial charge in [0.2, 0.25) is 0 Å². The molecule has 0 aliphatic heterocycles. The smallest absolute Gasteiger partial charge is 0.276 e. The molecule has 2 aromatic carbocycles. The maximum atomic E-state index is 12.1. The molecule has 23 heavy (non-hydrogen) atoms. The lowest BCUT2D eigenvalue weighted by atomic mass is 10.2. The van der Waals surface area contributed by atoms with Gasteiger partial charge in [-0.15, -0.1) is 0 Å². The molecule has 2 aromatic rings. The second kappa shape index (κ2) is 7.85. The number of amides is 2. The Hall–Kier alpha value is -2.24. The van der Waals surface area contributed by atoms with Crippen molar-refractivity contribution in [3.8, 4) is 5.75 Å². The van der Waals surface area contributed by atoms with E-state index in [0.29, 0.717) is 21.4 Å². The van der Waals surface area contributed by atoms with Crippen LogP contribution in [0.4, 0.5) is 0 Å². The number of hydrogen-bond acceptors (Lipinski definition) is 3. The Balaban J connectivity index is 1.88. The number of nitrogens with one attached hydrogen (secondary N) is 1. The summed E-state index contributed by atoms with van der Waals surface area (Å²) in [6.45, 7) is -0.284. The summed E-state index contributed by atoms with van der Waals surface area (Å²) in [4.78, 5) is 23.9. The summed E-state index contributed by atoms with van der Waals surface area (Å²) < 4.78 is 5.30. The van der Waals surface area contributed by atoms with Crippen molar-refractivity contribution in [1.29, 1.82) is 0 Å². The average Bonchev–Trinajstić information content (AvgIpc) is 2.54. The molecule has 0 spiro atoms. The minimum Gasteiger partial charge on any atom is -0.482 e. The quantitative estimate of drug-likeness (QED) is 0.859. The number of carbonyl (C=O) groups is 2. The highest BCUT2D eigenvalue weighted by molar-refractivity contribution is 6.35. The van der Waals surface area contributed by atoms with E-state index in [2.05, 4.69) is 5.43 Å². The molecule has 0 fully saturated rings. The second-order valence-electron chi connectivity index (χ2n) is 4.63. The molecule has 1 N–H and O–H groups in total. The van der Waals surface area contributed by atoms with E-state index in [1.807, 2.05) is 0 Å². The fourth-order valence-electron chi connectivity index (χ4n) is 1.78. The molecule has 0 heterocycles. The molecule has 5 nitrogen and oxygen atoms in total. The van der Waals surface area contributed by atoms with Crippen LogP contribution in [0, 0.1) is 0 Å². The number of benzene rings is 2. The molecular formula is C16H14Cl2N2O3. The van der Waals surface area contributed by atoms with E-state index in [9.17, 15) is 9.59 Å². The van der Waals surface area contributed by atoms with Crippen molar-refractivity contribution in [3.63, 3.8) is 0 Å². The first-order valence-corrected chi connectivity index (χ1v) is 7.43. The average molecular weight is 353 g/mol. The third kappa shape index (κ3) is 4.87. The summed E-state index contributed by atoms with van der Waals surface area (Å²) in [5.74, 6) is -0.477. The van der Waals surface area contributed by atoms with Gasteiger partial charge in [0.15, 0.2) is 6.61 Å². The van der Waals surface area contributed by atoms with Crippen molar-refractivity contribution in [1.82, 2.24) is 10.4 Å². The van der Waals surface area contributed by atoms with Crippen LogP contribution in [0.25, 0.3) is 0 Å². The molecule has 0 saturated carbocycles. The molecule has 2 rings (SSSR count). The van der Waals surface area contributed by atoms with Gasteiger partial charge < -0.3 is 4.74 Å². The largest absolute Gasteiger partial charge is 0.482 e. The molecule has 0 aliphatic carbocycles. The lowest BCUT2D eigenvalue weighted by molar-refractivity contribution is -0.126. The zero-order valence-corrected chi connectivity index (χ0v) is 13.8. The fraction of sp³-hybridized carbons (Fsp3) is 0.125. The SMILES string of the molecule is CN(NC(=O)COc1ccc(Cl)cc1Cl)C(=O)c1ccccc1. The number of hydrazine groups is 1. The summed E-state index contributed by atoms with van der Waals surface area (Å²) in [5.41, 5.74) is 2.90. The minimum absolute atomic E-state index is 0.284. The van der Waals surface area contributed by atoms with Crippen molar-refractivity contribution in [2.24, 2.45) is 0 Å². The van der Waals surface area contributed by atoms with Gasteiger partial charge in [0, 0.05) is 17.6 Å². The van der Waals surface area contributed by atoms with Crippen molar-refractivity contribution >= 4 is 35.0 Å². The zero-order chi connectivity index (χ0) is 16.8. The number of rotatable bonds is 4. The van der Waals surface area contributed by atoms with Crippen LogP contribution in [0.15, 0.2) is 48.5 Å². The zero-order valence-electron chi connectivity index (χ0n) is 12.3. The monoisotopic (exact) mass is 352 g/mol. The molecule has 120 valence electrons. The lowest BCUT2D eigenvalue weighted by Crippen LogP contribution is -2.45. The molecule has 0 unspecified atom stereocenters. The third-order valence-corrected chi connectivity index (χ3v) is 3.40. The van der Waals surface area contributed by atoms with Gasteiger partial charge >= 0.3 is 0 Å². The van der Waals surface area contributed by atoms with E-state index in [1.54, 1.807) is 42.5 Å². The first-order chi connectivity index (χ1) is 11.0. The topological polar surface area (TPSA) is 58.6 Å². The number of halogens is 2. The van der Waals surface area contributed by atoms with Crippen LogP contribution in [-0.4, -0.2) is 30.5 Å². The van der Waals surface area contributed by atoms with Crippen molar-refractivity contribution in [2.45, 2.75) is 0 Å². The van der Waals surface area contributed by atoms with Crippen molar-refractivity contribution < 1.29 is 14.3 Å². The first kappa shape index (κ1) is 17.1. The predicted molar refractivity (Wildman–Crippen MR) is 88.6 cm³/mol. The Morgan fingerprint density at radius 2 is 1.83 bits per heavy atom. The van der Waals surface area contributed by atoms with Gasteiger partial charge in [-0.25, -0.2) is 0 Å². The van der Waals surface area contributed by atoms with Gasteiger partial charge in [-0.05, 0) is 30.3 Å². The van der Waals surface area contributed by atoms with Crippen LogP contribution < -0.4 is 10.2 Å². The molecule has 0 aromatic heterocycles. The molecular weight excluding hydrogens is 339 g/mol. The van der Waals surface area contributed by atoms with E-state index >= 15 is 0 Å². The van der Waals surface area contributed by atoms with Crippen LogP contribution in [0.5, 0.6) is 5.75 Å². The van der Waals surface area contributed by atoms with E-state index in [0.717, 1.165) is 5.01 Å². The van der Waals surface area contributed by atoms with E-state index in [4.69, 9.17) is 27.9 Å². The van der Waals surface area contributed by atoms with E-state index in [1.165, 1.54) is 13.1 Å². The molecule has 2 amide bonds. The highest BCUT2D eigenvalue weighted by atomic mass is 35.5. The Morgan fingerprint density at radius 1 is 1.13 bits per heavy atom. The maximum absolute atomic E-state index is 12.1. The van der Waals surface area contributed by atoms with Gasteiger partial charge in [0.05, 0.1) is 5.02 Å². The predicted octanol–water partition coefficient (Wildman–Crippen LogP) is 3.18. The number of hydrogen-bond donors (Lipinski definition) is 1. The first-order valence-electron chi connectivity index (χ1n) is 6.68. The van der Waals surface area contributed by atoms with Crippen LogP contribution in [0.1, 0.15) is 10.4 Å². The van der Waals surface area contributed by atoms with Crippen LogP contribution >= 0.6 is 23.2 Å². The fourth-order valence-corrected chi connectivity index (χ4v) is 2.24. The molecule has 7 heteroatoms. The number of nitrogens with zero attached hydrogens (tertiary/aromatic N) is 1. The molecule has 0 bridgehead atoms. The molecule has 0 saturated heterocycles. The van der Waals surface area contributed by atoms with Gasteiger partial charge in [-0.3, -0.25) is 20.0 Å². The Kier molecular flexibility index (Phi) is 5.84. The highest BCUT2D eigenvalue weighted by Crippen LogP contribution is 2.27. The third-order valence-electron chi connectivity index (χ3n) is 2.87. The summed E-state index contributed by atoms with van der Waals surface area (Å²) in [5, 5.41) is 1.88. The normalized spacial score (nSPS) is 10.0. The van der Waals surface area contributed by atoms with E-state index in [-0.39, 0.29) is 12.5 Å². The van der Waals surface area contributed by atoms with E-state index < -0.39 is 5.91 Å². The maximum Gasteiger partial charge on any atom is 0.276 e. The van der Waals surface area contributed by atoms with Gasteiger partial charge in [-0.2, -0.15) is 0 Å². The Bertz CT molecular complexity index is 708. The van der Waals surface area contributed by atoms with Crippen molar-refractivity contribution in [2.75, 3.05) is 13.7 Å². The summed E-state index contributed by atoms with van der Waals surface area (Å²) in [6, 6.07) is 13.3. The number of carbonyl (C=O) groups excluding carboxylic acids is 2. The van der Waals surface area contributed by atoms with Crippen LogP contribution in [0.3, 0.4) is 0 Å². The van der Waals surface area contributed by atoms with Gasteiger partial charge in [-0.1, -0.05) is 41.4 Å². The number of ether oxygens (including phenoxy) is 1. The Labute approximate surface area is 143 Å². The summed E-state index contributed by atoms with van der Waals surface area (Å²) >= 11 is 11.7. The molecule has 0 aliphatic rings. The lowest BCUT2D eigenvalue weighted by Gasteiger charge is -2.18. The van der Waals surface area contributed by atoms with Gasteiger partial charge in [0.25, 0.3) is 11.8 Å². The summed E-state index contributed by atoms with van der Waals surface area (Å²) in [6.07, 6.45) is 0. The molecule has 0 radical (unpaired) electrons. The Morgan fingerprint density at radius 3 is 2.48 bits per heavy atom. The standard InChI is InChI=1S/C16H14Cl2N2O3/c1-20(16(22)11-5-3-2-4-6-11)19-15(21)10-23-14-8-7-12(17)9-13(14)18/h2-9H,10H2,1H3,(H,19,21). The highest BCUT2D eigenvalue weighted by Gasteiger charge is 2.14.